The van der Waals surface area contributed by atoms with E-state index in [4.69, 9.17) is 0 Å². The summed E-state index contributed by atoms with van der Waals surface area (Å²) in [4.78, 5) is 0. The highest BCUT2D eigenvalue weighted by molar-refractivity contribution is 5.41. The van der Waals surface area contributed by atoms with Crippen LogP contribution in [-0.2, 0) is 5.41 Å². The molecule has 0 heterocycles. The number of hydrogen-bond donors (Lipinski definition) is 0. The predicted octanol–water partition coefficient (Wildman–Crippen LogP) is 4.13. The molecule has 0 spiro atoms. The van der Waals surface area contributed by atoms with Gasteiger partial charge in [-0.2, -0.15) is 0 Å². The molecule has 0 heteroatoms. The largest absolute Gasteiger partial charge is 0.0622 e. The molecular weight excluding hydrogens is 192 g/mol. The molecule has 0 radical (unpaired) electrons. The van der Waals surface area contributed by atoms with Crippen LogP contribution in [0.4, 0.5) is 0 Å². The highest BCUT2D eigenvalue weighted by Gasteiger charge is 2.51. The lowest BCUT2D eigenvalue weighted by molar-refractivity contribution is 0.749. The fourth-order valence-electron chi connectivity index (χ4n) is 2.67. The van der Waals surface area contributed by atoms with Crippen molar-refractivity contribution in [2.24, 2.45) is 0 Å². The Morgan fingerprint density at radius 1 is 0.875 bits per heavy atom. The van der Waals surface area contributed by atoms with Gasteiger partial charge >= 0.3 is 0 Å². The Hall–Kier alpha value is -1.56. The van der Waals surface area contributed by atoms with E-state index in [0.29, 0.717) is 11.3 Å². The molecule has 0 bridgehead atoms. The van der Waals surface area contributed by atoms with Gasteiger partial charge < -0.3 is 0 Å². The molecule has 2 atom stereocenters. The van der Waals surface area contributed by atoms with E-state index < -0.39 is 0 Å². The summed E-state index contributed by atoms with van der Waals surface area (Å²) < 4.78 is 0. The molecule has 0 nitrogen and oxygen atoms in total. The molecule has 0 amide bonds. The topological polar surface area (TPSA) is 0 Å². The maximum absolute atomic E-state index is 2.38. The van der Waals surface area contributed by atoms with Crippen LogP contribution < -0.4 is 0 Å². The number of rotatable bonds is 2. The minimum Gasteiger partial charge on any atom is -0.0622 e. The SMILES string of the molecule is C[C@@]1(c2ccccc2)C[C@H]1c1ccccc1. The first-order chi connectivity index (χ1) is 7.81. The van der Waals surface area contributed by atoms with Crippen molar-refractivity contribution in [2.75, 3.05) is 0 Å². The molecule has 1 aliphatic carbocycles. The highest BCUT2D eigenvalue weighted by atomic mass is 14.5. The van der Waals surface area contributed by atoms with Gasteiger partial charge in [-0.1, -0.05) is 67.6 Å². The van der Waals surface area contributed by atoms with Crippen LogP contribution in [0.1, 0.15) is 30.4 Å². The molecule has 0 unspecified atom stereocenters. The third-order valence-electron chi connectivity index (χ3n) is 3.87. The second-order valence-electron chi connectivity index (χ2n) is 4.95. The summed E-state index contributed by atoms with van der Waals surface area (Å²) in [5.74, 6) is 0.705. The lowest BCUT2D eigenvalue weighted by atomic mass is 9.93. The maximum Gasteiger partial charge on any atom is -0.0000207 e. The fourth-order valence-corrected chi connectivity index (χ4v) is 2.67. The highest BCUT2D eigenvalue weighted by Crippen LogP contribution is 2.59. The number of hydrogen-bond acceptors (Lipinski definition) is 0. The van der Waals surface area contributed by atoms with Gasteiger partial charge in [0, 0.05) is 0 Å². The summed E-state index contributed by atoms with van der Waals surface area (Å²) in [6.45, 7) is 2.38. The van der Waals surface area contributed by atoms with Gasteiger partial charge in [0.1, 0.15) is 0 Å². The van der Waals surface area contributed by atoms with Crippen LogP contribution in [0.15, 0.2) is 60.7 Å². The Morgan fingerprint density at radius 3 is 2.06 bits per heavy atom. The van der Waals surface area contributed by atoms with Crippen LogP contribution in [0.25, 0.3) is 0 Å². The summed E-state index contributed by atoms with van der Waals surface area (Å²) in [5.41, 5.74) is 3.32. The van der Waals surface area contributed by atoms with Gasteiger partial charge in [-0.25, -0.2) is 0 Å². The number of benzene rings is 2. The average Bonchev–Trinajstić information content (AvgIpc) is 3.06. The summed E-state index contributed by atoms with van der Waals surface area (Å²) >= 11 is 0. The van der Waals surface area contributed by atoms with Crippen molar-refractivity contribution in [3.63, 3.8) is 0 Å². The average molecular weight is 208 g/mol. The van der Waals surface area contributed by atoms with Gasteiger partial charge in [-0.15, -0.1) is 0 Å². The quantitative estimate of drug-likeness (QED) is 0.696. The Morgan fingerprint density at radius 2 is 1.44 bits per heavy atom. The van der Waals surface area contributed by atoms with Gasteiger partial charge in [-0.3, -0.25) is 0 Å². The van der Waals surface area contributed by atoms with Crippen LogP contribution >= 0.6 is 0 Å². The van der Waals surface area contributed by atoms with Gasteiger partial charge in [-0.05, 0) is 28.9 Å². The molecular formula is C16H16. The molecule has 1 saturated carbocycles. The summed E-state index contributed by atoms with van der Waals surface area (Å²) in [7, 11) is 0. The monoisotopic (exact) mass is 208 g/mol. The fraction of sp³-hybridized carbons (Fsp3) is 0.250. The molecule has 80 valence electrons. The first-order valence-electron chi connectivity index (χ1n) is 5.91. The lowest BCUT2D eigenvalue weighted by Gasteiger charge is -2.11. The Bertz CT molecular complexity index is 472. The molecule has 0 aliphatic heterocycles. The first-order valence-corrected chi connectivity index (χ1v) is 5.91. The smallest absolute Gasteiger partial charge is 0.0000207 e. The van der Waals surface area contributed by atoms with Crippen molar-refractivity contribution in [3.8, 4) is 0 Å². The van der Waals surface area contributed by atoms with Crippen LogP contribution in [0.5, 0.6) is 0 Å². The van der Waals surface area contributed by atoms with Crippen molar-refractivity contribution in [2.45, 2.75) is 24.7 Å². The van der Waals surface area contributed by atoms with E-state index in [1.807, 2.05) is 0 Å². The molecule has 0 N–H and O–H groups in total. The zero-order chi connectivity index (χ0) is 11.0. The molecule has 1 fully saturated rings. The van der Waals surface area contributed by atoms with E-state index in [2.05, 4.69) is 67.6 Å². The van der Waals surface area contributed by atoms with E-state index in [1.165, 1.54) is 17.5 Å². The van der Waals surface area contributed by atoms with Crippen LogP contribution in [0.3, 0.4) is 0 Å². The van der Waals surface area contributed by atoms with Crippen molar-refractivity contribution < 1.29 is 0 Å². The summed E-state index contributed by atoms with van der Waals surface area (Å²) in [5, 5.41) is 0. The standard InChI is InChI=1S/C16H16/c1-16(14-10-6-3-7-11-14)12-15(16)13-8-4-2-5-9-13/h2-11,15H,12H2,1H3/t15-,16-/m0/s1. The molecule has 2 aromatic carbocycles. The summed E-state index contributed by atoms with van der Waals surface area (Å²) in [6, 6.07) is 21.7. The van der Waals surface area contributed by atoms with Gasteiger partial charge in [0.2, 0.25) is 0 Å². The third kappa shape index (κ3) is 1.46. The van der Waals surface area contributed by atoms with E-state index in [0.717, 1.165) is 0 Å². The molecule has 16 heavy (non-hydrogen) atoms. The van der Waals surface area contributed by atoms with Crippen molar-refractivity contribution in [3.05, 3.63) is 71.8 Å². The Balaban J connectivity index is 1.90. The second kappa shape index (κ2) is 3.48. The molecule has 1 aliphatic rings. The van der Waals surface area contributed by atoms with E-state index in [1.54, 1.807) is 0 Å². The third-order valence-corrected chi connectivity index (χ3v) is 3.87. The summed E-state index contributed by atoms with van der Waals surface area (Å²) in [6.07, 6.45) is 1.28. The lowest BCUT2D eigenvalue weighted by Crippen LogP contribution is -2.03. The first kappa shape index (κ1) is 9.65. The second-order valence-corrected chi connectivity index (χ2v) is 4.95. The van der Waals surface area contributed by atoms with Crippen LogP contribution in [0, 0.1) is 0 Å². The van der Waals surface area contributed by atoms with Gasteiger partial charge in [0.05, 0.1) is 0 Å². The zero-order valence-corrected chi connectivity index (χ0v) is 9.56. The Kier molecular flexibility index (Phi) is 2.10. The van der Waals surface area contributed by atoms with Crippen molar-refractivity contribution in [1.82, 2.24) is 0 Å². The minimum atomic E-state index is 0.364. The molecule has 0 saturated heterocycles. The van der Waals surface area contributed by atoms with Crippen LogP contribution in [0.2, 0.25) is 0 Å². The molecule has 3 rings (SSSR count). The van der Waals surface area contributed by atoms with Gasteiger partial charge in [0.15, 0.2) is 0 Å². The normalized spacial score (nSPS) is 27.7. The van der Waals surface area contributed by atoms with Crippen LogP contribution in [-0.4, -0.2) is 0 Å². The van der Waals surface area contributed by atoms with E-state index in [9.17, 15) is 0 Å². The van der Waals surface area contributed by atoms with E-state index in [-0.39, 0.29) is 0 Å². The molecule has 2 aromatic rings. The minimum absolute atomic E-state index is 0.364. The molecule has 0 aromatic heterocycles. The maximum atomic E-state index is 2.38. The predicted molar refractivity (Wildman–Crippen MR) is 67.6 cm³/mol. The Labute approximate surface area is 96.9 Å². The van der Waals surface area contributed by atoms with E-state index >= 15 is 0 Å². The van der Waals surface area contributed by atoms with Crippen molar-refractivity contribution in [1.29, 1.82) is 0 Å². The zero-order valence-electron chi connectivity index (χ0n) is 9.56. The van der Waals surface area contributed by atoms with Crippen molar-refractivity contribution >= 4 is 0 Å². The van der Waals surface area contributed by atoms with Gasteiger partial charge in [0.25, 0.3) is 0 Å².